The molecule has 25 heavy (non-hydrogen) atoms. The molecule has 2 aromatic rings. The summed E-state index contributed by atoms with van der Waals surface area (Å²) in [6.07, 6.45) is 2.39. The van der Waals surface area contributed by atoms with Gasteiger partial charge >= 0.3 is 0 Å². The second kappa shape index (κ2) is 11.9. The molecule has 0 radical (unpaired) electrons. The summed E-state index contributed by atoms with van der Waals surface area (Å²) in [4.78, 5) is 2.54. The van der Waals surface area contributed by atoms with Crippen molar-refractivity contribution in [2.45, 2.75) is 59.4 Å². The van der Waals surface area contributed by atoms with Gasteiger partial charge in [0.05, 0.1) is 0 Å². The van der Waals surface area contributed by atoms with Gasteiger partial charge in [0.1, 0.15) is 0 Å². The fraction of sp³-hybridized carbons (Fsp3) is 0.500. The number of benzene rings is 2. The van der Waals surface area contributed by atoms with Crippen molar-refractivity contribution in [1.82, 2.24) is 4.90 Å². The van der Waals surface area contributed by atoms with Crippen molar-refractivity contribution in [3.63, 3.8) is 0 Å². The fourth-order valence-corrected chi connectivity index (χ4v) is 3.72. The van der Waals surface area contributed by atoms with E-state index >= 15 is 0 Å². The number of nitrogens with zero attached hydrogens (tertiary/aromatic N) is 1. The van der Waals surface area contributed by atoms with Crippen LogP contribution in [0.3, 0.4) is 0 Å². The Labute approximate surface area is 156 Å². The average molecular weight is 340 g/mol. The summed E-state index contributed by atoms with van der Waals surface area (Å²) < 4.78 is 0. The Morgan fingerprint density at radius 1 is 0.880 bits per heavy atom. The molecule has 1 aliphatic rings. The highest BCUT2D eigenvalue weighted by molar-refractivity contribution is 5.26. The van der Waals surface area contributed by atoms with Gasteiger partial charge in [0.2, 0.25) is 0 Å². The Kier molecular flexibility index (Phi) is 10.2. The van der Waals surface area contributed by atoms with Gasteiger partial charge in [-0.2, -0.15) is 0 Å². The quantitative estimate of drug-likeness (QED) is 0.625. The zero-order chi connectivity index (χ0) is 18.7. The first kappa shape index (κ1) is 21.4. The van der Waals surface area contributed by atoms with Crippen LogP contribution in [-0.4, -0.2) is 24.5 Å². The van der Waals surface area contributed by atoms with E-state index in [0.717, 1.165) is 12.3 Å². The van der Waals surface area contributed by atoms with Crippen LogP contribution in [0.5, 0.6) is 0 Å². The Bertz CT molecular complexity index is 549. The van der Waals surface area contributed by atoms with E-state index in [9.17, 15) is 0 Å². The summed E-state index contributed by atoms with van der Waals surface area (Å²) in [7, 11) is 2.27. The van der Waals surface area contributed by atoms with Gasteiger partial charge in [-0.25, -0.2) is 0 Å². The molecule has 138 valence electrons. The van der Waals surface area contributed by atoms with Gasteiger partial charge in [0.25, 0.3) is 0 Å². The summed E-state index contributed by atoms with van der Waals surface area (Å²) in [5.74, 6) is 1.36. The summed E-state index contributed by atoms with van der Waals surface area (Å²) in [5.41, 5.74) is 2.93. The molecule has 3 atom stereocenters. The maximum absolute atomic E-state index is 2.54. The molecule has 1 heterocycles. The summed E-state index contributed by atoms with van der Waals surface area (Å²) >= 11 is 0. The van der Waals surface area contributed by atoms with Gasteiger partial charge < -0.3 is 4.90 Å². The highest BCUT2D eigenvalue weighted by Crippen LogP contribution is 2.38. The molecular weight excluding hydrogens is 302 g/mol. The van der Waals surface area contributed by atoms with Crippen LogP contribution in [0.25, 0.3) is 0 Å². The smallest absolute Gasteiger partial charge is 0.0204 e. The van der Waals surface area contributed by atoms with E-state index in [0.29, 0.717) is 12.0 Å². The fourth-order valence-electron chi connectivity index (χ4n) is 3.72. The van der Waals surface area contributed by atoms with Gasteiger partial charge in [0, 0.05) is 18.5 Å². The predicted octanol–water partition coefficient (Wildman–Crippen LogP) is 6.41. The zero-order valence-corrected chi connectivity index (χ0v) is 17.1. The number of likely N-dealkylation sites (N-methyl/N-ethyl adjacent to an activating group) is 1. The molecule has 1 saturated heterocycles. The summed E-state index contributed by atoms with van der Waals surface area (Å²) in [5, 5.41) is 0. The lowest BCUT2D eigenvalue weighted by molar-refractivity contribution is 0.295. The lowest BCUT2D eigenvalue weighted by atomic mass is 9.83. The molecule has 3 unspecified atom stereocenters. The van der Waals surface area contributed by atoms with E-state index in [2.05, 4.69) is 93.4 Å². The number of hydrogen-bond donors (Lipinski definition) is 0. The van der Waals surface area contributed by atoms with Crippen LogP contribution in [0, 0.1) is 5.92 Å². The van der Waals surface area contributed by atoms with Crippen molar-refractivity contribution in [3.05, 3.63) is 71.8 Å². The van der Waals surface area contributed by atoms with E-state index in [1.165, 1.54) is 24.1 Å². The van der Waals surface area contributed by atoms with E-state index < -0.39 is 0 Å². The second-order valence-corrected chi connectivity index (χ2v) is 6.82. The molecule has 3 rings (SSSR count). The second-order valence-electron chi connectivity index (χ2n) is 6.82. The van der Waals surface area contributed by atoms with Crippen molar-refractivity contribution in [2.75, 3.05) is 13.6 Å². The molecule has 1 nitrogen and oxygen atoms in total. The third kappa shape index (κ3) is 6.32. The molecule has 1 fully saturated rings. The Hall–Kier alpha value is -1.60. The topological polar surface area (TPSA) is 3.24 Å². The molecule has 0 aromatic heterocycles. The number of likely N-dealkylation sites (tertiary alicyclic amines) is 1. The van der Waals surface area contributed by atoms with E-state index in [4.69, 9.17) is 0 Å². The van der Waals surface area contributed by atoms with Crippen LogP contribution in [0.1, 0.15) is 58.1 Å². The largest absolute Gasteiger partial charge is 0.302 e. The Balaban J connectivity index is 0.000000567. The lowest BCUT2D eigenvalue weighted by Gasteiger charge is -2.26. The SMILES string of the molecule is CC.CC1CN(C)C(Cc2ccccc2)C1c1ccccc1.CCC. The lowest BCUT2D eigenvalue weighted by Crippen LogP contribution is -2.30. The van der Waals surface area contributed by atoms with Crippen molar-refractivity contribution >= 4 is 0 Å². The molecule has 2 aromatic carbocycles. The number of hydrogen-bond acceptors (Lipinski definition) is 1. The Morgan fingerprint density at radius 2 is 1.36 bits per heavy atom. The van der Waals surface area contributed by atoms with Gasteiger partial charge in [-0.1, -0.05) is 102 Å². The van der Waals surface area contributed by atoms with Gasteiger partial charge in [-0.15, -0.1) is 0 Å². The van der Waals surface area contributed by atoms with E-state index in [1.54, 1.807) is 0 Å². The highest BCUT2D eigenvalue weighted by Gasteiger charge is 2.37. The highest BCUT2D eigenvalue weighted by atomic mass is 15.2. The summed E-state index contributed by atoms with van der Waals surface area (Å²) in [6, 6.07) is 22.5. The van der Waals surface area contributed by atoms with Gasteiger partial charge in [-0.3, -0.25) is 0 Å². The molecule has 1 heteroatoms. The molecule has 0 bridgehead atoms. The average Bonchev–Trinajstić information content (AvgIpc) is 2.92. The predicted molar refractivity (Wildman–Crippen MR) is 112 cm³/mol. The first-order valence-electron chi connectivity index (χ1n) is 9.96. The van der Waals surface area contributed by atoms with Crippen LogP contribution < -0.4 is 0 Å². The number of rotatable bonds is 3. The summed E-state index contributed by atoms with van der Waals surface area (Å²) in [6.45, 7) is 11.8. The van der Waals surface area contributed by atoms with E-state index in [1.807, 2.05) is 13.8 Å². The van der Waals surface area contributed by atoms with Crippen LogP contribution in [0.15, 0.2) is 60.7 Å². The third-order valence-electron chi connectivity index (χ3n) is 4.64. The van der Waals surface area contributed by atoms with Crippen LogP contribution in [0.2, 0.25) is 0 Å². The van der Waals surface area contributed by atoms with Crippen LogP contribution in [-0.2, 0) is 6.42 Å². The first-order chi connectivity index (χ1) is 12.2. The maximum atomic E-state index is 2.54. The monoisotopic (exact) mass is 339 g/mol. The molecule has 0 amide bonds. The molecule has 0 N–H and O–H groups in total. The molecule has 0 saturated carbocycles. The molecule has 0 aliphatic carbocycles. The molecule has 1 aliphatic heterocycles. The standard InChI is InChI=1S/C19H23N.C3H8.C2H6/c1-15-14-20(2)18(13-16-9-5-3-6-10-16)19(15)17-11-7-4-8-12-17;1-3-2;1-2/h3-12,15,18-19H,13-14H2,1-2H3;3H2,1-2H3;1-2H3. The van der Waals surface area contributed by atoms with E-state index in [-0.39, 0.29) is 0 Å². The minimum absolute atomic E-state index is 0.606. The maximum Gasteiger partial charge on any atom is 0.0204 e. The van der Waals surface area contributed by atoms with Crippen LogP contribution in [0.4, 0.5) is 0 Å². The Morgan fingerprint density at radius 3 is 1.88 bits per heavy atom. The molecule has 0 spiro atoms. The van der Waals surface area contributed by atoms with Crippen LogP contribution >= 0.6 is 0 Å². The van der Waals surface area contributed by atoms with Crippen molar-refractivity contribution in [1.29, 1.82) is 0 Å². The van der Waals surface area contributed by atoms with Crippen molar-refractivity contribution in [3.8, 4) is 0 Å². The minimum Gasteiger partial charge on any atom is -0.302 e. The van der Waals surface area contributed by atoms with Crippen molar-refractivity contribution < 1.29 is 0 Å². The van der Waals surface area contributed by atoms with Crippen molar-refractivity contribution in [2.24, 2.45) is 5.92 Å². The molecular formula is C24H37N. The normalized spacial score (nSPS) is 22.4. The zero-order valence-electron chi connectivity index (χ0n) is 17.1. The first-order valence-corrected chi connectivity index (χ1v) is 9.96. The van der Waals surface area contributed by atoms with Gasteiger partial charge in [-0.05, 0) is 30.5 Å². The van der Waals surface area contributed by atoms with Gasteiger partial charge in [0.15, 0.2) is 0 Å². The third-order valence-corrected chi connectivity index (χ3v) is 4.64. The minimum atomic E-state index is 0.606.